The average molecular weight is 354 g/mol. The first-order valence-electron chi connectivity index (χ1n) is 10.2. The summed E-state index contributed by atoms with van der Waals surface area (Å²) in [6.45, 7) is 17.8. The van der Waals surface area contributed by atoms with Crippen molar-refractivity contribution in [1.29, 1.82) is 0 Å². The predicted octanol–water partition coefficient (Wildman–Crippen LogP) is 1.34. The summed E-state index contributed by atoms with van der Waals surface area (Å²) in [5.74, 6) is 1.68. The monoisotopic (exact) mass is 353 g/mol. The van der Waals surface area contributed by atoms with Crippen molar-refractivity contribution < 1.29 is 4.74 Å². The van der Waals surface area contributed by atoms with E-state index in [0.717, 1.165) is 45.0 Å². The van der Waals surface area contributed by atoms with Gasteiger partial charge in [0.1, 0.15) is 0 Å². The number of rotatable bonds is 7. The number of hydrogen-bond acceptors (Lipinski definition) is 4. The van der Waals surface area contributed by atoms with Crippen molar-refractivity contribution in [3.8, 4) is 0 Å². The summed E-state index contributed by atoms with van der Waals surface area (Å²) < 4.78 is 5.75. The molecule has 0 aromatic carbocycles. The highest BCUT2D eigenvalue weighted by Gasteiger charge is 2.22. The predicted molar refractivity (Wildman–Crippen MR) is 105 cm³/mol. The molecule has 1 N–H and O–H groups in total. The van der Waals surface area contributed by atoms with Gasteiger partial charge in [-0.1, -0.05) is 13.8 Å². The van der Waals surface area contributed by atoms with Crippen LogP contribution in [0.5, 0.6) is 0 Å². The number of likely N-dealkylation sites (tertiary alicyclic amines) is 1. The van der Waals surface area contributed by atoms with E-state index in [-0.39, 0.29) is 0 Å². The molecular formula is C19H39N5O. The van der Waals surface area contributed by atoms with Crippen molar-refractivity contribution in [2.45, 2.75) is 39.7 Å². The van der Waals surface area contributed by atoms with Crippen LogP contribution in [-0.2, 0) is 4.74 Å². The maximum absolute atomic E-state index is 5.75. The van der Waals surface area contributed by atoms with Gasteiger partial charge in [0.25, 0.3) is 0 Å². The SMILES string of the molecule is CCOC1CCN(C(=NC)NCC(C)CN2CCN(CC)CC2)CC1. The molecule has 6 heteroatoms. The van der Waals surface area contributed by atoms with Gasteiger partial charge in [-0.05, 0) is 32.2 Å². The average Bonchev–Trinajstić information content (AvgIpc) is 2.64. The fourth-order valence-corrected chi connectivity index (χ4v) is 3.86. The molecule has 1 unspecified atom stereocenters. The van der Waals surface area contributed by atoms with E-state index in [2.05, 4.69) is 45.8 Å². The van der Waals surface area contributed by atoms with Crippen LogP contribution in [0, 0.1) is 5.92 Å². The number of nitrogens with zero attached hydrogens (tertiary/aromatic N) is 4. The number of aliphatic imine (C=N–C) groups is 1. The number of nitrogens with one attached hydrogen (secondary N) is 1. The molecule has 2 saturated heterocycles. The van der Waals surface area contributed by atoms with Gasteiger partial charge in [0.15, 0.2) is 5.96 Å². The minimum absolute atomic E-state index is 0.431. The molecule has 2 rings (SSSR count). The van der Waals surface area contributed by atoms with Crippen molar-refractivity contribution in [1.82, 2.24) is 20.0 Å². The molecule has 0 radical (unpaired) electrons. The lowest BCUT2D eigenvalue weighted by Gasteiger charge is -2.36. The molecule has 0 aromatic rings. The number of guanidine groups is 1. The lowest BCUT2D eigenvalue weighted by Crippen LogP contribution is -2.50. The molecule has 0 saturated carbocycles. The highest BCUT2D eigenvalue weighted by molar-refractivity contribution is 5.79. The van der Waals surface area contributed by atoms with E-state index in [4.69, 9.17) is 4.74 Å². The van der Waals surface area contributed by atoms with Crippen LogP contribution in [0.1, 0.15) is 33.6 Å². The van der Waals surface area contributed by atoms with Crippen LogP contribution in [-0.4, -0.2) is 99.3 Å². The Morgan fingerprint density at radius 2 is 1.72 bits per heavy atom. The Bertz CT molecular complexity index is 387. The van der Waals surface area contributed by atoms with Gasteiger partial charge in [-0.15, -0.1) is 0 Å². The molecule has 0 bridgehead atoms. The Labute approximate surface area is 154 Å². The Balaban J connectivity index is 1.66. The van der Waals surface area contributed by atoms with E-state index in [9.17, 15) is 0 Å². The standard InChI is InChI=1S/C19H39N5O/c1-5-22-11-13-23(14-12-22)16-17(3)15-21-19(20-4)24-9-7-18(8-10-24)25-6-2/h17-18H,5-16H2,1-4H3,(H,20,21). The van der Waals surface area contributed by atoms with Crippen molar-refractivity contribution in [2.75, 3.05) is 72.6 Å². The molecule has 6 nitrogen and oxygen atoms in total. The first kappa shape index (κ1) is 20.5. The third kappa shape index (κ3) is 6.76. The van der Waals surface area contributed by atoms with Crippen LogP contribution in [0.4, 0.5) is 0 Å². The van der Waals surface area contributed by atoms with E-state index >= 15 is 0 Å². The number of hydrogen-bond donors (Lipinski definition) is 1. The number of piperidine rings is 1. The third-order valence-corrected chi connectivity index (χ3v) is 5.45. The second-order valence-corrected chi connectivity index (χ2v) is 7.41. The number of ether oxygens (including phenoxy) is 1. The molecule has 2 heterocycles. The van der Waals surface area contributed by atoms with Crippen LogP contribution in [0.15, 0.2) is 4.99 Å². The molecule has 1 atom stereocenters. The largest absolute Gasteiger partial charge is 0.378 e. The Hall–Kier alpha value is -0.850. The highest BCUT2D eigenvalue weighted by atomic mass is 16.5. The molecule has 0 aromatic heterocycles. The summed E-state index contributed by atoms with van der Waals surface area (Å²) in [5.41, 5.74) is 0. The molecular weight excluding hydrogens is 314 g/mol. The van der Waals surface area contributed by atoms with E-state index in [1.807, 2.05) is 7.05 Å². The van der Waals surface area contributed by atoms with Crippen molar-refractivity contribution in [3.05, 3.63) is 0 Å². The molecule has 0 aliphatic carbocycles. The summed E-state index contributed by atoms with van der Waals surface area (Å²) in [5, 5.41) is 3.59. The molecule has 2 aliphatic heterocycles. The first-order chi connectivity index (χ1) is 12.2. The van der Waals surface area contributed by atoms with Crippen molar-refractivity contribution in [3.63, 3.8) is 0 Å². The van der Waals surface area contributed by atoms with E-state index in [1.165, 1.54) is 39.3 Å². The minimum atomic E-state index is 0.431. The summed E-state index contributed by atoms with van der Waals surface area (Å²) >= 11 is 0. The molecule has 0 spiro atoms. The van der Waals surface area contributed by atoms with Gasteiger partial charge < -0.3 is 24.8 Å². The van der Waals surface area contributed by atoms with Crippen molar-refractivity contribution in [2.24, 2.45) is 10.9 Å². The molecule has 0 amide bonds. The Morgan fingerprint density at radius 1 is 1.08 bits per heavy atom. The van der Waals surface area contributed by atoms with Crippen LogP contribution >= 0.6 is 0 Å². The Morgan fingerprint density at radius 3 is 2.28 bits per heavy atom. The van der Waals surface area contributed by atoms with E-state index in [1.54, 1.807) is 0 Å². The van der Waals surface area contributed by atoms with Gasteiger partial charge in [0.2, 0.25) is 0 Å². The second-order valence-electron chi connectivity index (χ2n) is 7.41. The summed E-state index contributed by atoms with van der Waals surface area (Å²) in [6, 6.07) is 0. The maximum Gasteiger partial charge on any atom is 0.193 e. The lowest BCUT2D eigenvalue weighted by molar-refractivity contribution is 0.0263. The van der Waals surface area contributed by atoms with Crippen LogP contribution in [0.25, 0.3) is 0 Å². The molecule has 2 fully saturated rings. The molecule has 25 heavy (non-hydrogen) atoms. The van der Waals surface area contributed by atoms with Crippen molar-refractivity contribution >= 4 is 5.96 Å². The van der Waals surface area contributed by atoms with Gasteiger partial charge in [-0.25, -0.2) is 0 Å². The first-order valence-corrected chi connectivity index (χ1v) is 10.2. The number of piperazine rings is 1. The van der Waals surface area contributed by atoms with E-state index in [0.29, 0.717) is 12.0 Å². The zero-order valence-corrected chi connectivity index (χ0v) is 16.8. The Kier molecular flexibility index (Phi) is 8.99. The zero-order chi connectivity index (χ0) is 18.1. The fourth-order valence-electron chi connectivity index (χ4n) is 3.86. The number of likely N-dealkylation sites (N-methyl/N-ethyl adjacent to an activating group) is 1. The summed E-state index contributed by atoms with van der Waals surface area (Å²) in [4.78, 5) is 12.0. The third-order valence-electron chi connectivity index (χ3n) is 5.45. The van der Waals surface area contributed by atoms with Gasteiger partial charge in [0.05, 0.1) is 6.10 Å². The van der Waals surface area contributed by atoms with Crippen LogP contribution < -0.4 is 5.32 Å². The molecule has 146 valence electrons. The van der Waals surface area contributed by atoms with Crippen LogP contribution in [0.3, 0.4) is 0 Å². The van der Waals surface area contributed by atoms with Gasteiger partial charge in [0, 0.05) is 66.0 Å². The van der Waals surface area contributed by atoms with Gasteiger partial charge in [-0.3, -0.25) is 4.99 Å². The van der Waals surface area contributed by atoms with Gasteiger partial charge in [-0.2, -0.15) is 0 Å². The lowest BCUT2D eigenvalue weighted by atomic mass is 10.1. The smallest absolute Gasteiger partial charge is 0.193 e. The maximum atomic E-state index is 5.75. The normalized spacial score (nSPS) is 23.0. The zero-order valence-electron chi connectivity index (χ0n) is 16.8. The summed E-state index contributed by atoms with van der Waals surface area (Å²) in [7, 11) is 1.89. The van der Waals surface area contributed by atoms with Gasteiger partial charge >= 0.3 is 0 Å². The fraction of sp³-hybridized carbons (Fsp3) is 0.947. The van der Waals surface area contributed by atoms with E-state index < -0.39 is 0 Å². The molecule has 2 aliphatic rings. The highest BCUT2D eigenvalue weighted by Crippen LogP contribution is 2.14. The minimum Gasteiger partial charge on any atom is -0.378 e. The quantitative estimate of drug-likeness (QED) is 0.553. The second kappa shape index (κ2) is 11.0. The summed E-state index contributed by atoms with van der Waals surface area (Å²) in [6.07, 6.45) is 2.64. The topological polar surface area (TPSA) is 43.3 Å². The van der Waals surface area contributed by atoms with Crippen LogP contribution in [0.2, 0.25) is 0 Å².